The Kier molecular flexibility index (Phi) is 15.9. The molecule has 1 atom stereocenters. The van der Waals surface area contributed by atoms with Crippen molar-refractivity contribution in [3.63, 3.8) is 0 Å². The standard InChI is InChI=1S/C18H29BrO3/c19-16-12-14-17(20)13-10-8-6-4-2-1-3-5-7-9-11-15-18(21)22/h10,13-14,16-17,20H,1-9,11,15H2,(H,21,22)/b13-10+/t12?,17-/m1/s1. The van der Waals surface area contributed by atoms with Gasteiger partial charge in [-0.3, -0.25) is 4.79 Å². The van der Waals surface area contributed by atoms with Crippen molar-refractivity contribution in [2.75, 3.05) is 0 Å². The summed E-state index contributed by atoms with van der Waals surface area (Å²) in [6, 6.07) is 0. The minimum atomic E-state index is -0.683. The number of carboxylic acids is 1. The molecule has 0 bridgehead atoms. The van der Waals surface area contributed by atoms with Crippen LogP contribution in [0.1, 0.15) is 70.6 Å². The first-order chi connectivity index (χ1) is 10.7. The summed E-state index contributed by atoms with van der Waals surface area (Å²) in [4.78, 5) is 11.9. The van der Waals surface area contributed by atoms with Gasteiger partial charge in [-0.25, -0.2) is 0 Å². The molecule has 126 valence electrons. The Morgan fingerprint density at radius 3 is 2.09 bits per heavy atom. The van der Waals surface area contributed by atoms with E-state index in [9.17, 15) is 9.90 Å². The molecule has 0 aliphatic rings. The summed E-state index contributed by atoms with van der Waals surface area (Å²) < 4.78 is 0. The van der Waals surface area contributed by atoms with Gasteiger partial charge >= 0.3 is 5.97 Å². The molecule has 3 nitrogen and oxygen atoms in total. The van der Waals surface area contributed by atoms with Crippen LogP contribution in [0.2, 0.25) is 0 Å². The Hall–Kier alpha value is -0.830. The van der Waals surface area contributed by atoms with E-state index in [1.807, 2.05) is 6.08 Å². The molecule has 0 fully saturated rings. The monoisotopic (exact) mass is 372 g/mol. The molecule has 0 aliphatic heterocycles. The number of hydrogen-bond donors (Lipinski definition) is 2. The van der Waals surface area contributed by atoms with E-state index in [1.165, 1.54) is 38.5 Å². The van der Waals surface area contributed by atoms with Gasteiger partial charge in [-0.1, -0.05) is 73.0 Å². The third-order valence-corrected chi connectivity index (χ3v) is 3.69. The number of halogens is 1. The lowest BCUT2D eigenvalue weighted by Crippen LogP contribution is -1.94. The highest BCUT2D eigenvalue weighted by Gasteiger charge is 1.96. The van der Waals surface area contributed by atoms with E-state index >= 15 is 0 Å². The van der Waals surface area contributed by atoms with Crippen LogP contribution in [0.3, 0.4) is 0 Å². The minimum absolute atomic E-state index is 0.310. The molecule has 4 heteroatoms. The largest absolute Gasteiger partial charge is 0.481 e. The molecule has 0 amide bonds. The maximum absolute atomic E-state index is 10.3. The van der Waals surface area contributed by atoms with Crippen molar-refractivity contribution in [2.24, 2.45) is 0 Å². The molecule has 0 radical (unpaired) electrons. The molecule has 0 saturated heterocycles. The Morgan fingerprint density at radius 2 is 1.55 bits per heavy atom. The van der Waals surface area contributed by atoms with Crippen LogP contribution in [-0.4, -0.2) is 22.3 Å². The zero-order valence-electron chi connectivity index (χ0n) is 13.3. The van der Waals surface area contributed by atoms with Gasteiger partial charge < -0.3 is 10.2 Å². The molecule has 0 heterocycles. The summed E-state index contributed by atoms with van der Waals surface area (Å²) in [5.41, 5.74) is 2.78. The van der Waals surface area contributed by atoms with E-state index in [1.54, 1.807) is 17.1 Å². The lowest BCUT2D eigenvalue weighted by atomic mass is 10.1. The van der Waals surface area contributed by atoms with Crippen LogP contribution in [0.25, 0.3) is 0 Å². The summed E-state index contributed by atoms with van der Waals surface area (Å²) in [5, 5.41) is 18.0. The van der Waals surface area contributed by atoms with Gasteiger partial charge in [0.15, 0.2) is 0 Å². The number of rotatable bonds is 14. The molecule has 0 aliphatic carbocycles. The van der Waals surface area contributed by atoms with Gasteiger partial charge in [-0.15, -0.1) is 5.73 Å². The summed E-state index contributed by atoms with van der Waals surface area (Å²) in [6.07, 6.45) is 16.6. The molecule has 0 aromatic rings. The highest BCUT2D eigenvalue weighted by Crippen LogP contribution is 2.11. The zero-order chi connectivity index (χ0) is 16.5. The van der Waals surface area contributed by atoms with Crippen molar-refractivity contribution in [3.8, 4) is 0 Å². The third kappa shape index (κ3) is 17.2. The summed E-state index contributed by atoms with van der Waals surface area (Å²) >= 11 is 3.10. The van der Waals surface area contributed by atoms with Crippen LogP contribution < -0.4 is 0 Å². The second-order valence-electron chi connectivity index (χ2n) is 5.48. The molecule has 0 spiro atoms. The molecule has 2 N–H and O–H groups in total. The average molecular weight is 373 g/mol. The van der Waals surface area contributed by atoms with Crippen molar-refractivity contribution in [1.29, 1.82) is 0 Å². The maximum Gasteiger partial charge on any atom is 0.303 e. The van der Waals surface area contributed by atoms with Gasteiger partial charge in [0, 0.05) is 11.4 Å². The van der Waals surface area contributed by atoms with Gasteiger partial charge in [0.05, 0.1) is 6.10 Å². The lowest BCUT2D eigenvalue weighted by molar-refractivity contribution is -0.137. The number of hydrogen-bond acceptors (Lipinski definition) is 2. The Bertz CT molecular complexity index is 357. The SMILES string of the molecule is O=C(O)CCCCCCCCCCC/C=C/[C@@H](O)C=C=CBr. The second kappa shape index (κ2) is 16.5. The maximum atomic E-state index is 10.3. The molecule has 0 aromatic carbocycles. The summed E-state index contributed by atoms with van der Waals surface area (Å²) in [5.74, 6) is -0.683. The molecule has 0 saturated carbocycles. The molecule has 22 heavy (non-hydrogen) atoms. The molecule has 0 aromatic heterocycles. The van der Waals surface area contributed by atoms with E-state index in [0.29, 0.717) is 6.42 Å². The first-order valence-electron chi connectivity index (χ1n) is 8.24. The normalized spacial score (nSPS) is 12.1. The van der Waals surface area contributed by atoms with Gasteiger partial charge in [0.25, 0.3) is 0 Å². The van der Waals surface area contributed by atoms with Crippen LogP contribution in [0.4, 0.5) is 0 Å². The average Bonchev–Trinajstić information content (AvgIpc) is 2.49. The van der Waals surface area contributed by atoms with Crippen LogP contribution in [0.5, 0.6) is 0 Å². The Labute approximate surface area is 142 Å². The smallest absolute Gasteiger partial charge is 0.303 e. The van der Waals surface area contributed by atoms with Crippen LogP contribution >= 0.6 is 15.9 Å². The minimum Gasteiger partial charge on any atom is -0.481 e. The molecular weight excluding hydrogens is 344 g/mol. The van der Waals surface area contributed by atoms with Crippen LogP contribution in [0, 0.1) is 0 Å². The van der Waals surface area contributed by atoms with E-state index < -0.39 is 12.1 Å². The predicted molar refractivity (Wildman–Crippen MR) is 95.1 cm³/mol. The van der Waals surface area contributed by atoms with Crippen LogP contribution in [-0.2, 0) is 4.79 Å². The van der Waals surface area contributed by atoms with Gasteiger partial charge in [-0.05, 0) is 25.3 Å². The topological polar surface area (TPSA) is 57.5 Å². The van der Waals surface area contributed by atoms with Crippen molar-refractivity contribution >= 4 is 21.9 Å². The van der Waals surface area contributed by atoms with E-state index in [2.05, 4.69) is 21.7 Å². The quantitative estimate of drug-likeness (QED) is 0.245. The number of allylic oxidation sites excluding steroid dienone is 1. The Balaban J connectivity index is 3.25. The fourth-order valence-electron chi connectivity index (χ4n) is 2.20. The second-order valence-corrected chi connectivity index (χ2v) is 5.93. The third-order valence-electron chi connectivity index (χ3n) is 3.42. The van der Waals surface area contributed by atoms with E-state index in [4.69, 9.17) is 5.11 Å². The van der Waals surface area contributed by atoms with Crippen molar-refractivity contribution in [1.82, 2.24) is 0 Å². The van der Waals surface area contributed by atoms with Crippen molar-refractivity contribution < 1.29 is 15.0 Å². The fraction of sp³-hybridized carbons (Fsp3) is 0.667. The number of carbonyl (C=O) groups is 1. The number of aliphatic carboxylic acids is 1. The Morgan fingerprint density at radius 1 is 1.00 bits per heavy atom. The highest BCUT2D eigenvalue weighted by atomic mass is 79.9. The molecule has 0 rings (SSSR count). The van der Waals surface area contributed by atoms with Gasteiger partial charge in [0.1, 0.15) is 0 Å². The number of aliphatic hydroxyl groups excluding tert-OH is 1. The first-order valence-corrected chi connectivity index (χ1v) is 9.16. The number of aliphatic hydroxyl groups is 1. The van der Waals surface area contributed by atoms with E-state index in [0.717, 1.165) is 25.7 Å². The predicted octanol–water partition coefficient (Wildman–Crippen LogP) is 5.34. The fourth-order valence-corrected chi connectivity index (χ4v) is 2.35. The number of carboxylic acid groups (broad SMARTS) is 1. The highest BCUT2D eigenvalue weighted by molar-refractivity contribution is 9.11. The van der Waals surface area contributed by atoms with Gasteiger partial charge in [0.2, 0.25) is 0 Å². The molecule has 0 unspecified atom stereocenters. The van der Waals surface area contributed by atoms with Crippen molar-refractivity contribution in [2.45, 2.75) is 76.7 Å². The summed E-state index contributed by atoms with van der Waals surface area (Å²) in [6.45, 7) is 0. The number of unbranched alkanes of at least 4 members (excludes halogenated alkanes) is 9. The first kappa shape index (κ1) is 21.2. The van der Waals surface area contributed by atoms with Gasteiger partial charge in [-0.2, -0.15) is 0 Å². The van der Waals surface area contributed by atoms with E-state index in [-0.39, 0.29) is 0 Å². The lowest BCUT2D eigenvalue weighted by Gasteiger charge is -2.01. The summed E-state index contributed by atoms with van der Waals surface area (Å²) in [7, 11) is 0. The molecular formula is C18H29BrO3. The zero-order valence-corrected chi connectivity index (χ0v) is 14.9. The van der Waals surface area contributed by atoms with Crippen LogP contribution in [0.15, 0.2) is 28.9 Å². The van der Waals surface area contributed by atoms with Crippen molar-refractivity contribution in [3.05, 3.63) is 28.9 Å².